The highest BCUT2D eigenvalue weighted by molar-refractivity contribution is 6.04. The molecule has 11 heteroatoms. The van der Waals surface area contributed by atoms with E-state index in [1.165, 1.54) is 6.92 Å². The zero-order valence-electron chi connectivity index (χ0n) is 13.4. The molecule has 10 nitrogen and oxygen atoms in total. The van der Waals surface area contributed by atoms with Crippen LogP contribution in [-0.2, 0) is 9.59 Å². The van der Waals surface area contributed by atoms with E-state index in [4.69, 9.17) is 24.6 Å². The van der Waals surface area contributed by atoms with Gasteiger partial charge in [0.25, 0.3) is 0 Å². The number of amides is 1. The molecule has 1 aliphatic rings. The molecule has 0 aromatic heterocycles. The second kappa shape index (κ2) is 8.85. The van der Waals surface area contributed by atoms with Gasteiger partial charge in [0.05, 0.1) is 24.1 Å². The van der Waals surface area contributed by atoms with Gasteiger partial charge in [-0.3, -0.25) is 9.59 Å². The molecule has 1 saturated carbocycles. The zero-order chi connectivity index (χ0) is 18.4. The molecule has 0 spiro atoms. The SMILES string of the molecule is [B]N[C@H]1[C@@H]([C@H](NC(C)=O)[C@@H](O)CCO)[C@H](N=C(N)N)C[C@@H]1C(=O)O. The Morgan fingerprint density at radius 3 is 2.46 bits per heavy atom. The second-order valence-electron chi connectivity index (χ2n) is 5.88. The van der Waals surface area contributed by atoms with Crippen LogP contribution < -0.4 is 22.0 Å². The number of carbonyl (C=O) groups is 2. The number of aliphatic imine (C=N–C) groups is 1. The fourth-order valence-electron chi connectivity index (χ4n) is 3.34. The molecule has 0 aliphatic heterocycles. The molecule has 0 saturated heterocycles. The van der Waals surface area contributed by atoms with Crippen molar-refractivity contribution < 1.29 is 24.9 Å². The van der Waals surface area contributed by atoms with E-state index in [1.807, 2.05) is 0 Å². The van der Waals surface area contributed by atoms with Crippen LogP contribution in [0.4, 0.5) is 0 Å². The minimum atomic E-state index is -1.12. The first kappa shape index (κ1) is 20.2. The predicted molar refractivity (Wildman–Crippen MR) is 86.8 cm³/mol. The molecule has 6 atom stereocenters. The Bertz CT molecular complexity index is 487. The van der Waals surface area contributed by atoms with Gasteiger partial charge < -0.3 is 37.3 Å². The van der Waals surface area contributed by atoms with Gasteiger partial charge >= 0.3 is 5.97 Å². The first-order valence-corrected chi connectivity index (χ1v) is 7.56. The normalized spacial score (nSPS) is 28.8. The molecule has 0 unspecified atom stereocenters. The predicted octanol–water partition coefficient (Wildman–Crippen LogP) is -3.36. The number of carboxylic acids is 1. The van der Waals surface area contributed by atoms with Crippen molar-refractivity contribution in [2.75, 3.05) is 6.61 Å². The van der Waals surface area contributed by atoms with Crippen LogP contribution >= 0.6 is 0 Å². The van der Waals surface area contributed by atoms with Crippen LogP contribution in [0.15, 0.2) is 4.99 Å². The summed E-state index contributed by atoms with van der Waals surface area (Å²) in [5.41, 5.74) is 10.8. The molecule has 0 heterocycles. The van der Waals surface area contributed by atoms with Crippen LogP contribution in [-0.4, -0.2) is 72.0 Å². The van der Waals surface area contributed by atoms with Crippen molar-refractivity contribution in [3.05, 3.63) is 0 Å². The highest BCUT2D eigenvalue weighted by Gasteiger charge is 2.50. The van der Waals surface area contributed by atoms with Crippen molar-refractivity contribution in [2.24, 2.45) is 28.3 Å². The maximum absolute atomic E-state index is 11.5. The molecular weight excluding hydrogens is 317 g/mol. The lowest BCUT2D eigenvalue weighted by Crippen LogP contribution is -2.56. The Labute approximate surface area is 141 Å². The summed E-state index contributed by atoms with van der Waals surface area (Å²) in [5, 5.41) is 33.8. The van der Waals surface area contributed by atoms with E-state index < -0.39 is 47.9 Å². The lowest BCUT2D eigenvalue weighted by molar-refractivity contribution is -0.142. The molecular formula is C13H24BN5O5. The van der Waals surface area contributed by atoms with Gasteiger partial charge in [-0.1, -0.05) is 0 Å². The number of rotatable bonds is 8. The molecule has 0 aromatic rings. The molecule has 0 bridgehead atoms. The third-order valence-corrected chi connectivity index (χ3v) is 4.24. The number of guanidine groups is 1. The van der Waals surface area contributed by atoms with Crippen LogP contribution in [0.5, 0.6) is 0 Å². The number of aliphatic hydroxyl groups excluding tert-OH is 2. The molecule has 24 heavy (non-hydrogen) atoms. The molecule has 134 valence electrons. The highest BCUT2D eigenvalue weighted by Crippen LogP contribution is 2.37. The zero-order valence-corrected chi connectivity index (χ0v) is 13.4. The quantitative estimate of drug-likeness (QED) is 0.136. The number of carboxylic acid groups (broad SMARTS) is 1. The smallest absolute Gasteiger partial charge is 0.308 e. The number of hydrogen-bond acceptors (Lipinski definition) is 6. The number of nitrogens with zero attached hydrogens (tertiary/aromatic N) is 1. The second-order valence-corrected chi connectivity index (χ2v) is 5.88. The van der Waals surface area contributed by atoms with E-state index in [-0.39, 0.29) is 25.4 Å². The molecule has 2 radical (unpaired) electrons. The number of hydrogen-bond donors (Lipinski definition) is 7. The Balaban J connectivity index is 3.26. The maximum Gasteiger partial charge on any atom is 0.308 e. The number of aliphatic hydroxyl groups is 2. The van der Waals surface area contributed by atoms with Crippen molar-refractivity contribution in [3.8, 4) is 0 Å². The van der Waals surface area contributed by atoms with Gasteiger partial charge in [0.2, 0.25) is 5.91 Å². The number of aliphatic carboxylic acids is 1. The summed E-state index contributed by atoms with van der Waals surface area (Å²) in [7, 11) is 5.52. The van der Waals surface area contributed by atoms with Gasteiger partial charge in [0.15, 0.2) is 13.9 Å². The fourth-order valence-corrected chi connectivity index (χ4v) is 3.34. The van der Waals surface area contributed by atoms with E-state index in [1.54, 1.807) is 0 Å². The summed E-state index contributed by atoms with van der Waals surface area (Å²) in [6.07, 6.45) is -1.04. The molecule has 9 N–H and O–H groups in total. The Kier molecular flexibility index (Phi) is 7.45. The Hall–Kier alpha value is -1.85. The van der Waals surface area contributed by atoms with E-state index in [0.717, 1.165) is 0 Å². The van der Waals surface area contributed by atoms with Crippen molar-refractivity contribution >= 4 is 25.8 Å². The number of carbonyl (C=O) groups excluding carboxylic acids is 1. The summed E-state index contributed by atoms with van der Waals surface area (Å²) in [6.45, 7) is 0.961. The van der Waals surface area contributed by atoms with Crippen LogP contribution in [0.1, 0.15) is 19.8 Å². The average Bonchev–Trinajstić information content (AvgIpc) is 2.82. The molecule has 1 amide bonds. The fraction of sp³-hybridized carbons (Fsp3) is 0.769. The largest absolute Gasteiger partial charge is 0.481 e. The summed E-state index contributed by atoms with van der Waals surface area (Å²) in [6, 6.07) is -2.32. The lowest BCUT2D eigenvalue weighted by Gasteiger charge is -2.35. The summed E-state index contributed by atoms with van der Waals surface area (Å²) in [4.78, 5) is 27.1. The minimum absolute atomic E-state index is 0.00891. The minimum Gasteiger partial charge on any atom is -0.481 e. The summed E-state index contributed by atoms with van der Waals surface area (Å²) < 4.78 is 0. The van der Waals surface area contributed by atoms with E-state index in [2.05, 4.69) is 15.5 Å². The van der Waals surface area contributed by atoms with Crippen LogP contribution in [0, 0.1) is 11.8 Å². The van der Waals surface area contributed by atoms with Crippen LogP contribution in [0.25, 0.3) is 0 Å². The summed E-state index contributed by atoms with van der Waals surface area (Å²) in [5.74, 6) is -3.32. The van der Waals surface area contributed by atoms with Crippen LogP contribution in [0.2, 0.25) is 0 Å². The van der Waals surface area contributed by atoms with Crippen molar-refractivity contribution in [1.82, 2.24) is 10.5 Å². The van der Waals surface area contributed by atoms with E-state index in [9.17, 15) is 19.8 Å². The molecule has 1 aliphatic carbocycles. The number of nitrogens with one attached hydrogen (secondary N) is 2. The van der Waals surface area contributed by atoms with Crippen LogP contribution in [0.3, 0.4) is 0 Å². The standard InChI is InChI=1S/C13H24BN5O5/c1-5(21)17-11(8(22)2-3-20)9-7(18-13(15)16)4-6(12(23)24)10(9)19-14/h6-11,19-20,22H,2-4H2,1H3,(H,17,21)(H,23,24)(H4,15,16,18)/t6-,7+,8-,9-,10+,11+/m0/s1. The van der Waals surface area contributed by atoms with Gasteiger partial charge in [-0.2, -0.15) is 0 Å². The van der Waals surface area contributed by atoms with Crippen molar-refractivity contribution in [2.45, 2.75) is 44.0 Å². The van der Waals surface area contributed by atoms with Gasteiger partial charge in [-0.05, 0) is 12.8 Å². The monoisotopic (exact) mass is 341 g/mol. The lowest BCUT2D eigenvalue weighted by atomic mass is 9.84. The molecule has 1 rings (SSSR count). The Morgan fingerprint density at radius 2 is 2.04 bits per heavy atom. The average molecular weight is 341 g/mol. The topological polar surface area (TPSA) is 183 Å². The van der Waals surface area contributed by atoms with Gasteiger partial charge in [-0.25, -0.2) is 4.99 Å². The molecule has 1 fully saturated rings. The third-order valence-electron chi connectivity index (χ3n) is 4.24. The van der Waals surface area contributed by atoms with Crippen molar-refractivity contribution in [1.29, 1.82) is 0 Å². The Morgan fingerprint density at radius 1 is 1.42 bits per heavy atom. The maximum atomic E-state index is 11.5. The summed E-state index contributed by atoms with van der Waals surface area (Å²) >= 11 is 0. The van der Waals surface area contributed by atoms with E-state index in [0.29, 0.717) is 0 Å². The molecule has 0 aromatic carbocycles. The first-order chi connectivity index (χ1) is 11.2. The van der Waals surface area contributed by atoms with Gasteiger partial charge in [0.1, 0.15) is 0 Å². The van der Waals surface area contributed by atoms with Crippen molar-refractivity contribution in [3.63, 3.8) is 0 Å². The third kappa shape index (κ3) is 4.82. The number of nitrogens with two attached hydrogens (primary N) is 2. The van der Waals surface area contributed by atoms with Gasteiger partial charge in [-0.15, -0.1) is 0 Å². The first-order valence-electron chi connectivity index (χ1n) is 7.56. The highest BCUT2D eigenvalue weighted by atomic mass is 16.4. The van der Waals surface area contributed by atoms with E-state index >= 15 is 0 Å². The van der Waals surface area contributed by atoms with Gasteiger partial charge in [0, 0.05) is 25.5 Å².